The van der Waals surface area contributed by atoms with Gasteiger partial charge in [-0.2, -0.15) is 0 Å². The van der Waals surface area contributed by atoms with Crippen LogP contribution in [0.2, 0.25) is 0 Å². The zero-order valence-corrected chi connectivity index (χ0v) is 11.8. The van der Waals surface area contributed by atoms with Crippen LogP contribution in [0.15, 0.2) is 28.1 Å². The molecule has 3 heteroatoms. The average molecular weight is 296 g/mol. The molecule has 0 spiro atoms. The van der Waals surface area contributed by atoms with Gasteiger partial charge in [-0.15, -0.1) is 11.3 Å². The standard InChI is InChI=1S/C13H14BrNS/c1-3-9-4-5-10(7-11(9)15)12-6-8(2)13(14)16-12/h4-7H,3,15H2,1-2H3. The highest BCUT2D eigenvalue weighted by atomic mass is 79.9. The topological polar surface area (TPSA) is 26.0 Å². The average Bonchev–Trinajstić information content (AvgIpc) is 2.59. The van der Waals surface area contributed by atoms with E-state index in [2.05, 4.69) is 54.0 Å². The van der Waals surface area contributed by atoms with E-state index >= 15 is 0 Å². The monoisotopic (exact) mass is 295 g/mol. The summed E-state index contributed by atoms with van der Waals surface area (Å²) in [6.45, 7) is 4.23. The van der Waals surface area contributed by atoms with Gasteiger partial charge >= 0.3 is 0 Å². The predicted octanol–water partition coefficient (Wildman–Crippen LogP) is 4.63. The Bertz CT molecular complexity index is 497. The van der Waals surface area contributed by atoms with Crippen molar-refractivity contribution in [3.63, 3.8) is 0 Å². The van der Waals surface area contributed by atoms with Crippen molar-refractivity contribution >= 4 is 33.0 Å². The van der Waals surface area contributed by atoms with E-state index in [4.69, 9.17) is 5.73 Å². The molecule has 1 aromatic carbocycles. The molecule has 0 bridgehead atoms. The van der Waals surface area contributed by atoms with Crippen LogP contribution in [0.3, 0.4) is 0 Å². The molecular formula is C13H14BrNS. The SMILES string of the molecule is CCc1ccc(-c2cc(C)c(Br)s2)cc1N. The highest BCUT2D eigenvalue weighted by molar-refractivity contribution is 9.11. The first-order chi connectivity index (χ1) is 7.61. The maximum atomic E-state index is 6.01. The summed E-state index contributed by atoms with van der Waals surface area (Å²) in [6, 6.07) is 8.52. The van der Waals surface area contributed by atoms with Gasteiger partial charge in [-0.1, -0.05) is 19.1 Å². The van der Waals surface area contributed by atoms with Crippen molar-refractivity contribution in [2.45, 2.75) is 20.3 Å². The Morgan fingerprint density at radius 2 is 2.06 bits per heavy atom. The molecule has 84 valence electrons. The van der Waals surface area contributed by atoms with Crippen molar-refractivity contribution in [2.24, 2.45) is 0 Å². The molecule has 1 aromatic heterocycles. The van der Waals surface area contributed by atoms with Crippen LogP contribution in [0.5, 0.6) is 0 Å². The van der Waals surface area contributed by atoms with E-state index in [1.54, 1.807) is 11.3 Å². The van der Waals surface area contributed by atoms with Crippen molar-refractivity contribution in [1.82, 2.24) is 0 Å². The first-order valence-corrected chi connectivity index (χ1v) is 6.87. The van der Waals surface area contributed by atoms with Gasteiger partial charge in [-0.3, -0.25) is 0 Å². The third-order valence-corrected chi connectivity index (χ3v) is 4.85. The van der Waals surface area contributed by atoms with E-state index in [1.165, 1.54) is 25.4 Å². The summed E-state index contributed by atoms with van der Waals surface area (Å²) in [5.41, 5.74) is 10.6. The van der Waals surface area contributed by atoms with Gasteiger partial charge < -0.3 is 5.73 Å². The van der Waals surface area contributed by atoms with E-state index in [-0.39, 0.29) is 0 Å². The molecule has 0 saturated heterocycles. The van der Waals surface area contributed by atoms with Gasteiger partial charge in [0.1, 0.15) is 0 Å². The molecule has 0 aliphatic heterocycles. The number of halogens is 1. The maximum Gasteiger partial charge on any atom is 0.0734 e. The first-order valence-electron chi connectivity index (χ1n) is 5.26. The summed E-state index contributed by atoms with van der Waals surface area (Å²) in [5, 5.41) is 0. The summed E-state index contributed by atoms with van der Waals surface area (Å²) in [5.74, 6) is 0. The molecule has 2 rings (SSSR count). The van der Waals surface area contributed by atoms with E-state index < -0.39 is 0 Å². The second kappa shape index (κ2) is 4.60. The fourth-order valence-electron chi connectivity index (χ4n) is 1.67. The lowest BCUT2D eigenvalue weighted by molar-refractivity contribution is 1.15. The molecule has 1 nitrogen and oxygen atoms in total. The Morgan fingerprint density at radius 1 is 1.31 bits per heavy atom. The van der Waals surface area contributed by atoms with E-state index in [1.807, 2.05) is 0 Å². The molecule has 0 radical (unpaired) electrons. The normalized spacial score (nSPS) is 10.7. The minimum atomic E-state index is 0.891. The number of rotatable bonds is 2. The lowest BCUT2D eigenvalue weighted by Gasteiger charge is -2.04. The molecule has 0 atom stereocenters. The number of nitrogens with two attached hydrogens (primary N) is 1. The Labute approximate surface area is 108 Å². The van der Waals surface area contributed by atoms with Crippen molar-refractivity contribution in [2.75, 3.05) is 5.73 Å². The first kappa shape index (κ1) is 11.7. The zero-order chi connectivity index (χ0) is 11.7. The highest BCUT2D eigenvalue weighted by Gasteiger charge is 2.06. The third kappa shape index (κ3) is 2.15. The van der Waals surface area contributed by atoms with E-state index in [0.717, 1.165) is 12.1 Å². The maximum absolute atomic E-state index is 6.01. The van der Waals surface area contributed by atoms with Crippen LogP contribution in [0.25, 0.3) is 10.4 Å². The van der Waals surface area contributed by atoms with Crippen molar-refractivity contribution in [3.8, 4) is 10.4 Å². The van der Waals surface area contributed by atoms with Crippen LogP contribution in [0.4, 0.5) is 5.69 Å². The van der Waals surface area contributed by atoms with Gasteiger partial charge in [-0.25, -0.2) is 0 Å². The number of hydrogen-bond donors (Lipinski definition) is 1. The number of aryl methyl sites for hydroxylation is 2. The minimum Gasteiger partial charge on any atom is -0.398 e. The molecule has 0 amide bonds. The van der Waals surface area contributed by atoms with Gasteiger partial charge in [0, 0.05) is 10.6 Å². The molecule has 0 saturated carbocycles. The number of anilines is 1. The van der Waals surface area contributed by atoms with Crippen LogP contribution in [-0.4, -0.2) is 0 Å². The smallest absolute Gasteiger partial charge is 0.0734 e. The van der Waals surface area contributed by atoms with E-state index in [0.29, 0.717) is 0 Å². The Balaban J connectivity index is 2.45. The second-order valence-electron chi connectivity index (χ2n) is 3.83. The molecule has 0 unspecified atom stereocenters. The number of benzene rings is 1. The van der Waals surface area contributed by atoms with Gasteiger partial charge in [0.05, 0.1) is 3.79 Å². The fourth-order valence-corrected chi connectivity index (χ4v) is 3.20. The molecule has 0 fully saturated rings. The molecule has 16 heavy (non-hydrogen) atoms. The zero-order valence-electron chi connectivity index (χ0n) is 9.38. The van der Waals surface area contributed by atoms with Crippen LogP contribution < -0.4 is 5.73 Å². The third-order valence-electron chi connectivity index (χ3n) is 2.67. The van der Waals surface area contributed by atoms with Crippen molar-refractivity contribution in [3.05, 3.63) is 39.2 Å². The summed E-state index contributed by atoms with van der Waals surface area (Å²) in [6.07, 6.45) is 0.985. The van der Waals surface area contributed by atoms with Crippen molar-refractivity contribution < 1.29 is 0 Å². The summed E-state index contributed by atoms with van der Waals surface area (Å²) >= 11 is 5.30. The summed E-state index contributed by atoms with van der Waals surface area (Å²) < 4.78 is 1.20. The van der Waals surface area contributed by atoms with Crippen LogP contribution >= 0.6 is 27.3 Å². The molecule has 2 aromatic rings. The lowest BCUT2D eigenvalue weighted by atomic mass is 10.1. The number of hydrogen-bond acceptors (Lipinski definition) is 2. The van der Waals surface area contributed by atoms with Gasteiger partial charge in [-0.05, 0) is 58.1 Å². The van der Waals surface area contributed by atoms with Crippen molar-refractivity contribution in [1.29, 1.82) is 0 Å². The van der Waals surface area contributed by atoms with Crippen LogP contribution in [0.1, 0.15) is 18.1 Å². The molecular weight excluding hydrogens is 282 g/mol. The Hall–Kier alpha value is -0.800. The molecule has 1 heterocycles. The quantitative estimate of drug-likeness (QED) is 0.803. The Morgan fingerprint density at radius 3 is 2.56 bits per heavy atom. The molecule has 2 N–H and O–H groups in total. The van der Waals surface area contributed by atoms with Gasteiger partial charge in [0.25, 0.3) is 0 Å². The Kier molecular flexibility index (Phi) is 3.36. The molecule has 0 aliphatic rings. The van der Waals surface area contributed by atoms with Crippen LogP contribution in [-0.2, 0) is 6.42 Å². The van der Waals surface area contributed by atoms with Gasteiger partial charge in [0.2, 0.25) is 0 Å². The number of thiophene rings is 1. The number of nitrogen functional groups attached to an aromatic ring is 1. The lowest BCUT2D eigenvalue weighted by Crippen LogP contribution is -1.92. The largest absolute Gasteiger partial charge is 0.398 e. The fraction of sp³-hybridized carbons (Fsp3) is 0.231. The highest BCUT2D eigenvalue weighted by Crippen LogP contribution is 2.35. The van der Waals surface area contributed by atoms with Gasteiger partial charge in [0.15, 0.2) is 0 Å². The second-order valence-corrected chi connectivity index (χ2v) is 6.20. The van der Waals surface area contributed by atoms with E-state index in [9.17, 15) is 0 Å². The van der Waals surface area contributed by atoms with Crippen LogP contribution in [0, 0.1) is 6.92 Å². The summed E-state index contributed by atoms with van der Waals surface area (Å²) in [4.78, 5) is 1.26. The minimum absolute atomic E-state index is 0.891. The summed E-state index contributed by atoms with van der Waals surface area (Å²) in [7, 11) is 0. The predicted molar refractivity (Wildman–Crippen MR) is 76.0 cm³/mol. The molecule has 0 aliphatic carbocycles.